The molecule has 1 atom stereocenters. The van der Waals surface area contributed by atoms with Crippen LogP contribution in [0.4, 0.5) is 0 Å². The molecule has 0 bridgehead atoms. The van der Waals surface area contributed by atoms with E-state index in [0.29, 0.717) is 11.1 Å². The van der Waals surface area contributed by atoms with Crippen LogP contribution < -0.4 is 0 Å². The molecule has 1 unspecified atom stereocenters. The van der Waals surface area contributed by atoms with E-state index in [0.717, 1.165) is 17.6 Å². The molecule has 0 amide bonds. The number of hydrogen-bond acceptors (Lipinski definition) is 2. The van der Waals surface area contributed by atoms with Crippen molar-refractivity contribution in [3.05, 3.63) is 58.2 Å². The first-order valence-electron chi connectivity index (χ1n) is 5.94. The van der Waals surface area contributed by atoms with Crippen LogP contribution in [0.1, 0.15) is 30.4 Å². The fraction of sp³-hybridized carbons (Fsp3) is 0.250. The van der Waals surface area contributed by atoms with Gasteiger partial charge in [-0.1, -0.05) is 35.4 Å². The van der Waals surface area contributed by atoms with Crippen molar-refractivity contribution >= 4 is 0 Å². The number of rotatable bonds is 1. The van der Waals surface area contributed by atoms with E-state index < -0.39 is 0 Å². The van der Waals surface area contributed by atoms with Gasteiger partial charge in [-0.15, -0.1) is 0 Å². The van der Waals surface area contributed by atoms with Crippen LogP contribution in [0, 0.1) is 29.6 Å². The van der Waals surface area contributed by atoms with Crippen molar-refractivity contribution in [3.63, 3.8) is 0 Å². The molecule has 1 aliphatic rings. The van der Waals surface area contributed by atoms with Gasteiger partial charge in [-0.25, -0.2) is 0 Å². The lowest BCUT2D eigenvalue weighted by atomic mass is 9.80. The number of nitrogens with zero attached hydrogens (tertiary/aromatic N) is 2. The van der Waals surface area contributed by atoms with E-state index in [-0.39, 0.29) is 5.92 Å². The highest BCUT2D eigenvalue weighted by Gasteiger charge is 2.24. The Bertz CT molecular complexity index is 621. The number of allylic oxidation sites excluding steroid dienone is 4. The standard InChI is InChI=1S/C16H14N2/c1-11-4-3-5-13(6-11)15-8-12(2)7-14(9-17)16(15)10-18/h3-7,15H,8H2,1-2H3. The third-order valence-electron chi connectivity index (χ3n) is 3.24. The topological polar surface area (TPSA) is 47.6 Å². The van der Waals surface area contributed by atoms with Gasteiger partial charge in [0.1, 0.15) is 6.07 Å². The van der Waals surface area contributed by atoms with Crippen LogP contribution >= 0.6 is 0 Å². The molecule has 1 aliphatic carbocycles. The van der Waals surface area contributed by atoms with Crippen molar-refractivity contribution in [2.45, 2.75) is 26.2 Å². The van der Waals surface area contributed by atoms with E-state index in [2.05, 4.69) is 18.2 Å². The van der Waals surface area contributed by atoms with E-state index in [1.807, 2.05) is 38.1 Å². The predicted octanol–water partition coefficient (Wildman–Crippen LogP) is 3.77. The average Bonchev–Trinajstić information content (AvgIpc) is 2.37. The van der Waals surface area contributed by atoms with Gasteiger partial charge >= 0.3 is 0 Å². The summed E-state index contributed by atoms with van der Waals surface area (Å²) in [6, 6.07) is 12.5. The van der Waals surface area contributed by atoms with Gasteiger partial charge in [0.25, 0.3) is 0 Å². The molecule has 18 heavy (non-hydrogen) atoms. The van der Waals surface area contributed by atoms with Crippen LogP contribution in [0.25, 0.3) is 0 Å². The van der Waals surface area contributed by atoms with Gasteiger partial charge in [-0.3, -0.25) is 0 Å². The van der Waals surface area contributed by atoms with Crippen LogP contribution in [-0.4, -0.2) is 0 Å². The van der Waals surface area contributed by atoms with Crippen molar-refractivity contribution in [2.24, 2.45) is 0 Å². The molecule has 1 aromatic carbocycles. The first-order valence-corrected chi connectivity index (χ1v) is 5.94. The Hall–Kier alpha value is -2.32. The van der Waals surface area contributed by atoms with Gasteiger partial charge in [0.2, 0.25) is 0 Å². The van der Waals surface area contributed by atoms with Gasteiger partial charge in [0.05, 0.1) is 17.2 Å². The molecular weight excluding hydrogens is 220 g/mol. The second-order valence-corrected chi connectivity index (χ2v) is 4.71. The minimum absolute atomic E-state index is 0.0227. The molecule has 1 aromatic rings. The molecule has 2 rings (SSSR count). The highest BCUT2D eigenvalue weighted by atomic mass is 14.3. The van der Waals surface area contributed by atoms with Crippen LogP contribution in [0.3, 0.4) is 0 Å². The van der Waals surface area contributed by atoms with E-state index >= 15 is 0 Å². The summed E-state index contributed by atoms with van der Waals surface area (Å²) < 4.78 is 0. The van der Waals surface area contributed by atoms with Gasteiger partial charge in [-0.05, 0) is 31.9 Å². The van der Waals surface area contributed by atoms with Crippen molar-refractivity contribution in [2.75, 3.05) is 0 Å². The normalized spacial score (nSPS) is 18.9. The third-order valence-corrected chi connectivity index (χ3v) is 3.24. The lowest BCUT2D eigenvalue weighted by Gasteiger charge is -2.22. The summed E-state index contributed by atoms with van der Waals surface area (Å²) in [5, 5.41) is 18.4. The smallest absolute Gasteiger partial charge is 0.100 e. The Balaban J connectivity index is 2.53. The highest BCUT2D eigenvalue weighted by Crippen LogP contribution is 2.36. The predicted molar refractivity (Wildman–Crippen MR) is 70.5 cm³/mol. The van der Waals surface area contributed by atoms with Crippen molar-refractivity contribution in [1.29, 1.82) is 10.5 Å². The fourth-order valence-electron chi connectivity index (χ4n) is 2.40. The van der Waals surface area contributed by atoms with E-state index in [1.54, 1.807) is 0 Å². The number of hydrogen-bond donors (Lipinski definition) is 0. The van der Waals surface area contributed by atoms with Gasteiger partial charge in [0.15, 0.2) is 0 Å². The van der Waals surface area contributed by atoms with Crippen molar-refractivity contribution in [3.8, 4) is 12.1 Å². The van der Waals surface area contributed by atoms with Gasteiger partial charge < -0.3 is 0 Å². The zero-order valence-electron chi connectivity index (χ0n) is 10.6. The minimum atomic E-state index is 0.0227. The summed E-state index contributed by atoms with van der Waals surface area (Å²) in [5.74, 6) is 0.0227. The number of aryl methyl sites for hydroxylation is 1. The lowest BCUT2D eigenvalue weighted by Crippen LogP contribution is -2.09. The molecule has 0 fully saturated rings. The maximum atomic E-state index is 9.29. The van der Waals surface area contributed by atoms with Crippen LogP contribution in [-0.2, 0) is 0 Å². The Morgan fingerprint density at radius 1 is 1.17 bits per heavy atom. The lowest BCUT2D eigenvalue weighted by molar-refractivity contribution is 0.778. The molecule has 0 radical (unpaired) electrons. The van der Waals surface area contributed by atoms with E-state index in [9.17, 15) is 5.26 Å². The number of benzene rings is 1. The Kier molecular flexibility index (Phi) is 3.31. The first kappa shape index (κ1) is 12.1. The highest BCUT2D eigenvalue weighted by molar-refractivity contribution is 5.54. The summed E-state index contributed by atoms with van der Waals surface area (Å²) in [6.07, 6.45) is 2.64. The Labute approximate surface area is 107 Å². The zero-order valence-corrected chi connectivity index (χ0v) is 10.6. The fourth-order valence-corrected chi connectivity index (χ4v) is 2.40. The van der Waals surface area contributed by atoms with Crippen LogP contribution in [0.5, 0.6) is 0 Å². The molecule has 0 saturated heterocycles. The van der Waals surface area contributed by atoms with Crippen molar-refractivity contribution < 1.29 is 0 Å². The molecule has 2 nitrogen and oxygen atoms in total. The second-order valence-electron chi connectivity index (χ2n) is 4.71. The zero-order chi connectivity index (χ0) is 13.1. The summed E-state index contributed by atoms with van der Waals surface area (Å²) in [4.78, 5) is 0. The van der Waals surface area contributed by atoms with Gasteiger partial charge in [0, 0.05) is 5.92 Å². The maximum absolute atomic E-state index is 9.29. The summed E-state index contributed by atoms with van der Waals surface area (Å²) in [5.41, 5.74) is 4.54. The second kappa shape index (κ2) is 4.90. The molecule has 0 heterocycles. The Morgan fingerprint density at radius 2 is 1.94 bits per heavy atom. The third kappa shape index (κ3) is 2.19. The maximum Gasteiger partial charge on any atom is 0.100 e. The van der Waals surface area contributed by atoms with Crippen molar-refractivity contribution in [1.82, 2.24) is 0 Å². The molecule has 0 N–H and O–H groups in total. The van der Waals surface area contributed by atoms with Crippen LogP contribution in [0.15, 0.2) is 47.1 Å². The summed E-state index contributed by atoms with van der Waals surface area (Å²) in [6.45, 7) is 4.05. The molecule has 0 saturated carbocycles. The largest absolute Gasteiger partial charge is 0.193 e. The van der Waals surface area contributed by atoms with E-state index in [4.69, 9.17) is 5.26 Å². The van der Waals surface area contributed by atoms with Crippen LogP contribution in [0.2, 0.25) is 0 Å². The monoisotopic (exact) mass is 234 g/mol. The summed E-state index contributed by atoms with van der Waals surface area (Å²) in [7, 11) is 0. The molecule has 0 aliphatic heterocycles. The number of nitriles is 2. The minimum Gasteiger partial charge on any atom is -0.193 e. The van der Waals surface area contributed by atoms with Gasteiger partial charge in [-0.2, -0.15) is 10.5 Å². The molecule has 2 heteroatoms. The molecule has 88 valence electrons. The first-order chi connectivity index (χ1) is 8.65. The molecular formula is C16H14N2. The quantitative estimate of drug-likeness (QED) is 0.742. The summed E-state index contributed by atoms with van der Waals surface area (Å²) >= 11 is 0. The average molecular weight is 234 g/mol. The Morgan fingerprint density at radius 3 is 2.56 bits per heavy atom. The molecule has 0 aromatic heterocycles. The SMILES string of the molecule is CC1=CC(C#N)=C(C#N)C(c2cccc(C)c2)C1. The van der Waals surface area contributed by atoms with E-state index in [1.165, 1.54) is 5.56 Å². The molecule has 0 spiro atoms.